The zero-order chi connectivity index (χ0) is 14.4. The summed E-state index contributed by atoms with van der Waals surface area (Å²) in [5.74, 6) is 0.200. The molecule has 20 heavy (non-hydrogen) atoms. The van der Waals surface area contributed by atoms with Crippen molar-refractivity contribution in [2.24, 2.45) is 0 Å². The van der Waals surface area contributed by atoms with Gasteiger partial charge in [0.05, 0.1) is 24.1 Å². The van der Waals surface area contributed by atoms with E-state index in [1.165, 1.54) is 11.8 Å². The molecule has 0 aliphatic heterocycles. The molecule has 2 heterocycles. The largest absolute Gasteiger partial charge is 0.462 e. The van der Waals surface area contributed by atoms with Gasteiger partial charge in [-0.1, -0.05) is 0 Å². The third kappa shape index (κ3) is 3.71. The number of nitrogens with one attached hydrogen (secondary N) is 1. The topological polar surface area (TPSA) is 77.2 Å². The molecule has 0 spiro atoms. The average Bonchev–Trinajstić information content (AvgIpc) is 2.94. The van der Waals surface area contributed by atoms with E-state index in [4.69, 9.17) is 10.5 Å². The van der Waals surface area contributed by atoms with Gasteiger partial charge in [-0.3, -0.25) is 0 Å². The van der Waals surface area contributed by atoms with Gasteiger partial charge in [0.25, 0.3) is 0 Å². The van der Waals surface area contributed by atoms with Crippen molar-refractivity contribution in [2.45, 2.75) is 13.3 Å². The predicted molar refractivity (Wildman–Crippen MR) is 81.1 cm³/mol. The molecule has 2 aromatic rings. The monoisotopic (exact) mass is 291 g/mol. The van der Waals surface area contributed by atoms with Crippen LogP contribution in [-0.4, -0.2) is 24.1 Å². The molecule has 6 heteroatoms. The molecule has 0 radical (unpaired) electrons. The Hall–Kier alpha value is -2.08. The Bertz CT molecular complexity index is 570. The number of carbonyl (C=O) groups is 1. The van der Waals surface area contributed by atoms with Gasteiger partial charge < -0.3 is 15.8 Å². The Balaban J connectivity index is 1.98. The molecular formula is C14H17N3O2S. The summed E-state index contributed by atoms with van der Waals surface area (Å²) in [6.45, 7) is 2.83. The van der Waals surface area contributed by atoms with Gasteiger partial charge in [-0.15, -0.1) is 0 Å². The molecule has 0 fully saturated rings. The zero-order valence-corrected chi connectivity index (χ0v) is 12.1. The van der Waals surface area contributed by atoms with E-state index in [0.29, 0.717) is 23.7 Å². The van der Waals surface area contributed by atoms with E-state index in [1.807, 2.05) is 0 Å². The highest BCUT2D eigenvalue weighted by Crippen LogP contribution is 2.16. The standard InChI is InChI=1S/C14H17N3O2S/c1-2-19-14(18)11-7-13(17-8-12(11)15)16-5-3-10-4-6-20-9-10/h4,6-9H,2-3,5,15H2,1H3,(H,16,17). The molecule has 0 bridgehead atoms. The first-order chi connectivity index (χ1) is 9.70. The molecule has 0 aliphatic rings. The number of pyridine rings is 1. The zero-order valence-electron chi connectivity index (χ0n) is 11.3. The Morgan fingerprint density at radius 2 is 2.40 bits per heavy atom. The second-order valence-corrected chi connectivity index (χ2v) is 4.97. The van der Waals surface area contributed by atoms with E-state index in [2.05, 4.69) is 27.1 Å². The molecule has 0 amide bonds. The van der Waals surface area contributed by atoms with Gasteiger partial charge in [-0.2, -0.15) is 11.3 Å². The lowest BCUT2D eigenvalue weighted by molar-refractivity contribution is 0.0527. The molecule has 2 rings (SSSR count). The summed E-state index contributed by atoms with van der Waals surface area (Å²) in [7, 11) is 0. The summed E-state index contributed by atoms with van der Waals surface area (Å²) in [6, 6.07) is 3.72. The van der Waals surface area contributed by atoms with Crippen LogP contribution in [0, 0.1) is 0 Å². The third-order valence-electron chi connectivity index (χ3n) is 2.73. The molecule has 2 aromatic heterocycles. The minimum absolute atomic E-state index is 0.321. The summed E-state index contributed by atoms with van der Waals surface area (Å²) in [5.41, 5.74) is 7.69. The Morgan fingerprint density at radius 1 is 1.55 bits per heavy atom. The summed E-state index contributed by atoms with van der Waals surface area (Å²) in [5, 5.41) is 7.34. The van der Waals surface area contributed by atoms with Crippen LogP contribution in [0.5, 0.6) is 0 Å². The van der Waals surface area contributed by atoms with Crippen molar-refractivity contribution in [2.75, 3.05) is 24.2 Å². The molecule has 5 nitrogen and oxygen atoms in total. The fraction of sp³-hybridized carbons (Fsp3) is 0.286. The number of thiophene rings is 1. The van der Waals surface area contributed by atoms with Crippen LogP contribution in [0.2, 0.25) is 0 Å². The SMILES string of the molecule is CCOC(=O)c1cc(NCCc2ccsc2)ncc1N. The molecule has 0 atom stereocenters. The normalized spacial score (nSPS) is 10.2. The molecule has 106 valence electrons. The van der Waals surface area contributed by atoms with Gasteiger partial charge >= 0.3 is 5.97 Å². The fourth-order valence-electron chi connectivity index (χ4n) is 1.72. The highest BCUT2D eigenvalue weighted by molar-refractivity contribution is 7.07. The van der Waals surface area contributed by atoms with Crippen molar-refractivity contribution >= 4 is 28.8 Å². The average molecular weight is 291 g/mol. The number of esters is 1. The predicted octanol–water partition coefficient (Wildman–Crippen LogP) is 2.56. The molecule has 0 aliphatic carbocycles. The fourth-order valence-corrected chi connectivity index (χ4v) is 2.42. The van der Waals surface area contributed by atoms with Crippen LogP contribution in [-0.2, 0) is 11.2 Å². The number of hydrogen-bond donors (Lipinski definition) is 2. The van der Waals surface area contributed by atoms with E-state index >= 15 is 0 Å². The first-order valence-electron chi connectivity index (χ1n) is 6.38. The van der Waals surface area contributed by atoms with Gasteiger partial charge in [0.2, 0.25) is 0 Å². The lowest BCUT2D eigenvalue weighted by Crippen LogP contribution is -2.11. The number of hydrogen-bond acceptors (Lipinski definition) is 6. The minimum atomic E-state index is -0.423. The molecular weight excluding hydrogens is 274 g/mol. The Morgan fingerprint density at radius 3 is 3.10 bits per heavy atom. The van der Waals surface area contributed by atoms with Crippen molar-refractivity contribution in [1.29, 1.82) is 0 Å². The van der Waals surface area contributed by atoms with Crippen LogP contribution in [0.4, 0.5) is 11.5 Å². The third-order valence-corrected chi connectivity index (χ3v) is 3.46. The number of nitrogens with two attached hydrogens (primary N) is 1. The van der Waals surface area contributed by atoms with Crippen LogP contribution < -0.4 is 11.1 Å². The number of anilines is 2. The Kier molecular flexibility index (Phi) is 4.95. The van der Waals surface area contributed by atoms with Crippen molar-refractivity contribution in [3.63, 3.8) is 0 Å². The Labute approximate surface area is 121 Å². The molecule has 0 saturated carbocycles. The van der Waals surface area contributed by atoms with Gasteiger partial charge in [0.15, 0.2) is 0 Å². The second-order valence-electron chi connectivity index (χ2n) is 4.19. The second kappa shape index (κ2) is 6.91. The molecule has 0 saturated heterocycles. The maximum Gasteiger partial charge on any atom is 0.340 e. The number of rotatable bonds is 6. The van der Waals surface area contributed by atoms with Gasteiger partial charge in [0, 0.05) is 6.54 Å². The van der Waals surface area contributed by atoms with Crippen molar-refractivity contribution < 1.29 is 9.53 Å². The van der Waals surface area contributed by atoms with E-state index in [-0.39, 0.29) is 0 Å². The van der Waals surface area contributed by atoms with Crippen LogP contribution in [0.15, 0.2) is 29.1 Å². The maximum atomic E-state index is 11.7. The molecule has 0 unspecified atom stereocenters. The number of nitrogens with zero attached hydrogens (tertiary/aromatic N) is 1. The van der Waals surface area contributed by atoms with E-state index in [9.17, 15) is 4.79 Å². The summed E-state index contributed by atoms with van der Waals surface area (Å²) >= 11 is 1.68. The van der Waals surface area contributed by atoms with Crippen LogP contribution in [0.1, 0.15) is 22.8 Å². The summed E-state index contributed by atoms with van der Waals surface area (Å²) in [6.07, 6.45) is 2.38. The van der Waals surface area contributed by atoms with Crippen molar-refractivity contribution in [3.8, 4) is 0 Å². The maximum absolute atomic E-state index is 11.7. The first kappa shape index (κ1) is 14.3. The van der Waals surface area contributed by atoms with Gasteiger partial charge in [0.1, 0.15) is 5.82 Å². The first-order valence-corrected chi connectivity index (χ1v) is 7.32. The lowest BCUT2D eigenvalue weighted by Gasteiger charge is -2.09. The molecule has 3 N–H and O–H groups in total. The van der Waals surface area contributed by atoms with E-state index < -0.39 is 5.97 Å². The van der Waals surface area contributed by atoms with Gasteiger partial charge in [-0.25, -0.2) is 9.78 Å². The van der Waals surface area contributed by atoms with Crippen molar-refractivity contribution in [3.05, 3.63) is 40.2 Å². The number of ether oxygens (including phenoxy) is 1. The minimum Gasteiger partial charge on any atom is -0.462 e. The highest BCUT2D eigenvalue weighted by Gasteiger charge is 2.12. The van der Waals surface area contributed by atoms with Crippen LogP contribution in [0.3, 0.4) is 0 Å². The smallest absolute Gasteiger partial charge is 0.340 e. The van der Waals surface area contributed by atoms with Crippen molar-refractivity contribution in [1.82, 2.24) is 4.98 Å². The molecule has 0 aromatic carbocycles. The number of carbonyl (C=O) groups excluding carboxylic acids is 1. The van der Waals surface area contributed by atoms with E-state index in [0.717, 1.165) is 13.0 Å². The quantitative estimate of drug-likeness (QED) is 0.800. The number of nitrogen functional groups attached to an aromatic ring is 1. The summed E-state index contributed by atoms with van der Waals surface area (Å²) in [4.78, 5) is 15.9. The van der Waals surface area contributed by atoms with E-state index in [1.54, 1.807) is 24.3 Å². The van der Waals surface area contributed by atoms with Crippen LogP contribution >= 0.6 is 11.3 Å². The van der Waals surface area contributed by atoms with Gasteiger partial charge in [-0.05, 0) is 41.8 Å². The lowest BCUT2D eigenvalue weighted by atomic mass is 10.2. The number of aromatic nitrogens is 1. The summed E-state index contributed by atoms with van der Waals surface area (Å²) < 4.78 is 4.95. The highest BCUT2D eigenvalue weighted by atomic mass is 32.1. The van der Waals surface area contributed by atoms with Crippen LogP contribution in [0.25, 0.3) is 0 Å².